The van der Waals surface area contributed by atoms with E-state index in [-0.39, 0.29) is 6.03 Å². The van der Waals surface area contributed by atoms with Gasteiger partial charge in [-0.2, -0.15) is 10.2 Å². The van der Waals surface area contributed by atoms with Crippen LogP contribution in [0.15, 0.2) is 48.8 Å². The molecule has 26 heavy (non-hydrogen) atoms. The molecule has 2 amide bonds. The van der Waals surface area contributed by atoms with Crippen molar-refractivity contribution in [3.8, 4) is 5.69 Å². The summed E-state index contributed by atoms with van der Waals surface area (Å²) < 4.78 is 3.76. The van der Waals surface area contributed by atoms with Crippen LogP contribution in [0.5, 0.6) is 0 Å². The molecule has 0 atom stereocenters. The Morgan fingerprint density at radius 1 is 1.12 bits per heavy atom. The average Bonchev–Trinajstić information content (AvgIpc) is 3.26. The minimum Gasteiger partial charge on any atom is -0.338 e. The second-order valence-corrected chi connectivity index (χ2v) is 6.13. The Hall–Kier alpha value is -3.09. The predicted octanol–water partition coefficient (Wildman–Crippen LogP) is 2.58. The molecule has 0 radical (unpaired) electrons. The zero-order chi connectivity index (χ0) is 18.4. The van der Waals surface area contributed by atoms with E-state index in [0.29, 0.717) is 13.1 Å². The number of carbonyl (C=O) groups excluding carboxylic acids is 1. The van der Waals surface area contributed by atoms with Crippen molar-refractivity contribution in [2.24, 2.45) is 0 Å². The van der Waals surface area contributed by atoms with Crippen LogP contribution in [0.2, 0.25) is 0 Å². The van der Waals surface area contributed by atoms with Gasteiger partial charge in [-0.3, -0.25) is 4.68 Å². The Bertz CT molecular complexity index is 839. The van der Waals surface area contributed by atoms with Gasteiger partial charge in [0.25, 0.3) is 0 Å². The van der Waals surface area contributed by atoms with Gasteiger partial charge in [-0.15, -0.1) is 0 Å². The highest BCUT2D eigenvalue weighted by atomic mass is 16.2. The second kappa shape index (κ2) is 8.33. The van der Waals surface area contributed by atoms with Crippen LogP contribution in [-0.2, 0) is 13.1 Å². The van der Waals surface area contributed by atoms with E-state index in [1.165, 1.54) is 0 Å². The average molecular weight is 352 g/mol. The van der Waals surface area contributed by atoms with E-state index in [1.54, 1.807) is 6.20 Å². The first kappa shape index (κ1) is 17.7. The van der Waals surface area contributed by atoms with Crippen LogP contribution >= 0.6 is 0 Å². The maximum Gasteiger partial charge on any atom is 0.315 e. The number of carbonyl (C=O) groups is 1. The summed E-state index contributed by atoms with van der Waals surface area (Å²) in [7, 11) is 0. The minimum atomic E-state index is -0.170. The fraction of sp³-hybridized carbons (Fsp3) is 0.316. The fourth-order valence-corrected chi connectivity index (χ4v) is 2.86. The van der Waals surface area contributed by atoms with Crippen molar-refractivity contribution in [2.45, 2.75) is 33.4 Å². The van der Waals surface area contributed by atoms with Crippen molar-refractivity contribution in [1.29, 1.82) is 0 Å². The highest BCUT2D eigenvalue weighted by molar-refractivity contribution is 5.73. The summed E-state index contributed by atoms with van der Waals surface area (Å²) in [5, 5.41) is 14.5. The Labute approximate surface area is 153 Å². The lowest BCUT2D eigenvalue weighted by Gasteiger charge is -2.09. The van der Waals surface area contributed by atoms with Crippen molar-refractivity contribution < 1.29 is 4.79 Å². The second-order valence-electron chi connectivity index (χ2n) is 6.13. The van der Waals surface area contributed by atoms with Crippen LogP contribution < -0.4 is 10.6 Å². The highest BCUT2D eigenvalue weighted by Gasteiger charge is 2.13. The summed E-state index contributed by atoms with van der Waals surface area (Å²) in [6.45, 7) is 5.83. The molecular formula is C19H24N6O. The first-order chi connectivity index (χ1) is 12.6. The van der Waals surface area contributed by atoms with Crippen molar-refractivity contribution >= 4 is 6.03 Å². The Balaban J connectivity index is 1.50. The van der Waals surface area contributed by atoms with E-state index in [4.69, 9.17) is 0 Å². The molecule has 0 unspecified atom stereocenters. The molecule has 7 heteroatoms. The molecule has 3 aromatic rings. The van der Waals surface area contributed by atoms with Crippen molar-refractivity contribution in [3.05, 3.63) is 65.7 Å². The van der Waals surface area contributed by atoms with Gasteiger partial charge >= 0.3 is 6.03 Å². The number of aromatic nitrogens is 4. The van der Waals surface area contributed by atoms with Gasteiger partial charge in [-0.1, -0.05) is 18.2 Å². The summed E-state index contributed by atoms with van der Waals surface area (Å²) in [6, 6.07) is 11.7. The molecule has 7 nitrogen and oxygen atoms in total. The monoisotopic (exact) mass is 352 g/mol. The number of aryl methyl sites for hydroxylation is 2. The van der Waals surface area contributed by atoms with Crippen molar-refractivity contribution in [3.63, 3.8) is 0 Å². The molecule has 0 fully saturated rings. The van der Waals surface area contributed by atoms with Gasteiger partial charge in [0, 0.05) is 43.3 Å². The molecule has 2 aromatic heterocycles. The molecular weight excluding hydrogens is 328 g/mol. The lowest BCUT2D eigenvalue weighted by atomic mass is 10.2. The highest BCUT2D eigenvalue weighted by Crippen LogP contribution is 2.17. The minimum absolute atomic E-state index is 0.170. The van der Waals surface area contributed by atoms with Gasteiger partial charge in [-0.05, 0) is 38.5 Å². The molecule has 0 bridgehead atoms. The lowest BCUT2D eigenvalue weighted by Crippen LogP contribution is -2.36. The Morgan fingerprint density at radius 2 is 1.92 bits per heavy atom. The van der Waals surface area contributed by atoms with Crippen molar-refractivity contribution in [1.82, 2.24) is 30.2 Å². The van der Waals surface area contributed by atoms with Crippen LogP contribution in [0.4, 0.5) is 4.79 Å². The maximum absolute atomic E-state index is 12.0. The molecule has 2 N–H and O–H groups in total. The normalized spacial score (nSPS) is 10.7. The van der Waals surface area contributed by atoms with Crippen LogP contribution in [0.1, 0.15) is 23.4 Å². The summed E-state index contributed by atoms with van der Waals surface area (Å²) in [6.07, 6.45) is 4.50. The molecule has 2 heterocycles. The third kappa shape index (κ3) is 4.30. The van der Waals surface area contributed by atoms with E-state index in [0.717, 1.165) is 35.6 Å². The third-order valence-electron chi connectivity index (χ3n) is 4.28. The van der Waals surface area contributed by atoms with E-state index < -0.39 is 0 Å². The molecule has 0 aliphatic heterocycles. The summed E-state index contributed by atoms with van der Waals surface area (Å²) in [5.74, 6) is 0. The van der Waals surface area contributed by atoms with Crippen LogP contribution in [0.3, 0.4) is 0 Å². The molecule has 0 aliphatic rings. The van der Waals surface area contributed by atoms with Gasteiger partial charge in [0.05, 0.1) is 11.4 Å². The number of amides is 2. The molecule has 1 aromatic carbocycles. The zero-order valence-electron chi connectivity index (χ0n) is 15.1. The number of benzene rings is 1. The number of nitrogens with zero attached hydrogens (tertiary/aromatic N) is 4. The molecule has 0 spiro atoms. The van der Waals surface area contributed by atoms with Gasteiger partial charge in [0.2, 0.25) is 0 Å². The number of nitrogens with one attached hydrogen (secondary N) is 2. The van der Waals surface area contributed by atoms with Crippen LogP contribution in [-0.4, -0.2) is 32.1 Å². The number of para-hydroxylation sites is 1. The maximum atomic E-state index is 12.0. The summed E-state index contributed by atoms with van der Waals surface area (Å²) in [4.78, 5) is 12.0. The van der Waals surface area contributed by atoms with E-state index in [2.05, 4.69) is 20.8 Å². The first-order valence-electron chi connectivity index (χ1n) is 8.75. The SMILES string of the molecule is Cc1nn(-c2ccccc2)c(C)c1CNC(=O)NCCCn1cccn1. The molecule has 0 saturated carbocycles. The van der Waals surface area contributed by atoms with Gasteiger partial charge in [0.15, 0.2) is 0 Å². The van der Waals surface area contributed by atoms with Crippen LogP contribution in [0.25, 0.3) is 5.69 Å². The largest absolute Gasteiger partial charge is 0.338 e. The number of hydrogen-bond acceptors (Lipinski definition) is 3. The summed E-state index contributed by atoms with van der Waals surface area (Å²) in [5.41, 5.74) is 4.01. The van der Waals surface area contributed by atoms with Crippen LogP contribution in [0, 0.1) is 13.8 Å². The lowest BCUT2D eigenvalue weighted by molar-refractivity contribution is 0.240. The smallest absolute Gasteiger partial charge is 0.315 e. The van der Waals surface area contributed by atoms with E-state index in [9.17, 15) is 4.79 Å². The topological polar surface area (TPSA) is 76.8 Å². The molecule has 136 valence electrons. The predicted molar refractivity (Wildman–Crippen MR) is 100 cm³/mol. The Morgan fingerprint density at radius 3 is 2.65 bits per heavy atom. The van der Waals surface area contributed by atoms with Gasteiger partial charge < -0.3 is 10.6 Å². The molecule has 0 aliphatic carbocycles. The van der Waals surface area contributed by atoms with Crippen molar-refractivity contribution in [2.75, 3.05) is 6.54 Å². The molecule has 0 saturated heterocycles. The van der Waals surface area contributed by atoms with E-state index >= 15 is 0 Å². The number of rotatable bonds is 7. The zero-order valence-corrected chi connectivity index (χ0v) is 15.1. The Kier molecular flexibility index (Phi) is 5.68. The summed E-state index contributed by atoms with van der Waals surface area (Å²) >= 11 is 0. The number of hydrogen-bond donors (Lipinski definition) is 2. The third-order valence-corrected chi connectivity index (χ3v) is 4.28. The molecule has 3 rings (SSSR count). The first-order valence-corrected chi connectivity index (χ1v) is 8.75. The fourth-order valence-electron chi connectivity index (χ4n) is 2.86. The number of urea groups is 1. The van der Waals surface area contributed by atoms with Gasteiger partial charge in [0.1, 0.15) is 0 Å². The van der Waals surface area contributed by atoms with Gasteiger partial charge in [-0.25, -0.2) is 9.48 Å². The quantitative estimate of drug-likeness (QED) is 0.642. The standard InChI is InChI=1S/C19H24N6O/c1-15-18(16(2)25(23-15)17-8-4-3-5-9-17)14-21-19(26)20-10-6-12-24-13-7-11-22-24/h3-5,7-9,11,13H,6,10,12,14H2,1-2H3,(H2,20,21,26). The van der Waals surface area contributed by atoms with E-state index in [1.807, 2.05) is 65.8 Å².